The Hall–Kier alpha value is -2.63. The molecule has 0 bridgehead atoms. The maximum Gasteiger partial charge on any atom is 0.276 e. The normalized spacial score (nSPS) is 14.0. The highest BCUT2D eigenvalue weighted by Crippen LogP contribution is 2.29. The van der Waals surface area contributed by atoms with E-state index in [-0.39, 0.29) is 11.8 Å². The number of carbonyl (C=O) groups is 2. The minimum atomic E-state index is -0.235. The molecular weight excluding hydrogens is 304 g/mol. The van der Waals surface area contributed by atoms with Crippen molar-refractivity contribution in [2.45, 2.75) is 33.1 Å². The molecule has 0 radical (unpaired) electrons. The van der Waals surface area contributed by atoms with E-state index in [1.54, 1.807) is 18.0 Å². The second kappa shape index (κ2) is 6.47. The number of aromatic nitrogens is 2. The van der Waals surface area contributed by atoms with Crippen molar-refractivity contribution in [1.29, 1.82) is 0 Å². The van der Waals surface area contributed by atoms with Gasteiger partial charge in [0.2, 0.25) is 5.91 Å². The van der Waals surface area contributed by atoms with Gasteiger partial charge in [-0.15, -0.1) is 0 Å². The summed E-state index contributed by atoms with van der Waals surface area (Å²) in [5.41, 5.74) is 4.03. The summed E-state index contributed by atoms with van der Waals surface area (Å²) in [6, 6.07) is 7.41. The molecule has 2 aromatic rings. The first-order valence-electron chi connectivity index (χ1n) is 8.19. The van der Waals surface area contributed by atoms with Crippen LogP contribution in [0.4, 0.5) is 11.4 Å². The Morgan fingerprint density at radius 2 is 2.12 bits per heavy atom. The van der Waals surface area contributed by atoms with E-state index in [2.05, 4.69) is 29.4 Å². The van der Waals surface area contributed by atoms with Crippen LogP contribution in [0.5, 0.6) is 0 Å². The Morgan fingerprint density at radius 1 is 1.33 bits per heavy atom. The summed E-state index contributed by atoms with van der Waals surface area (Å²) >= 11 is 0. The van der Waals surface area contributed by atoms with Gasteiger partial charge >= 0.3 is 0 Å². The number of amides is 2. The van der Waals surface area contributed by atoms with Gasteiger partial charge in [-0.3, -0.25) is 14.7 Å². The van der Waals surface area contributed by atoms with Gasteiger partial charge in [0.1, 0.15) is 0 Å². The highest BCUT2D eigenvalue weighted by molar-refractivity contribution is 6.03. The molecule has 0 atom stereocenters. The molecule has 24 heavy (non-hydrogen) atoms. The molecule has 0 aliphatic carbocycles. The number of aryl methyl sites for hydroxylation is 1. The third kappa shape index (κ3) is 3.32. The van der Waals surface area contributed by atoms with Gasteiger partial charge in [0.15, 0.2) is 5.69 Å². The lowest BCUT2D eigenvalue weighted by atomic mass is 10.0. The quantitative estimate of drug-likeness (QED) is 0.907. The van der Waals surface area contributed by atoms with Crippen molar-refractivity contribution < 1.29 is 9.59 Å². The first-order valence-corrected chi connectivity index (χ1v) is 8.19. The van der Waals surface area contributed by atoms with Crippen LogP contribution in [0.1, 0.15) is 42.0 Å². The number of H-pyrrole nitrogens is 1. The molecule has 6 heteroatoms. The van der Waals surface area contributed by atoms with Crippen molar-refractivity contribution >= 4 is 23.2 Å². The second-order valence-electron chi connectivity index (χ2n) is 6.63. The Kier molecular flexibility index (Phi) is 4.38. The molecule has 2 heterocycles. The zero-order valence-electron chi connectivity index (χ0n) is 14.2. The Bertz CT molecular complexity index is 779. The number of benzene rings is 1. The predicted octanol–water partition coefficient (Wildman–Crippen LogP) is 2.77. The van der Waals surface area contributed by atoms with Crippen molar-refractivity contribution in [2.75, 3.05) is 17.3 Å². The van der Waals surface area contributed by atoms with Gasteiger partial charge < -0.3 is 10.2 Å². The van der Waals surface area contributed by atoms with Gasteiger partial charge in [0.05, 0.1) is 0 Å². The number of carbonyl (C=O) groups excluding carboxylic acids is 2. The number of hydrogen-bond acceptors (Lipinski definition) is 3. The number of nitrogens with one attached hydrogen (secondary N) is 2. The molecular formula is C18H22N4O2. The van der Waals surface area contributed by atoms with E-state index in [9.17, 15) is 9.59 Å². The molecule has 0 unspecified atom stereocenters. The van der Waals surface area contributed by atoms with Gasteiger partial charge in [-0.25, -0.2) is 0 Å². The average Bonchev–Trinajstić information content (AvgIpc) is 2.99. The summed E-state index contributed by atoms with van der Waals surface area (Å²) < 4.78 is 0. The first-order chi connectivity index (χ1) is 11.4. The van der Waals surface area contributed by atoms with E-state index in [1.807, 2.05) is 18.2 Å². The minimum absolute atomic E-state index is 0.119. The number of anilines is 2. The van der Waals surface area contributed by atoms with Crippen molar-refractivity contribution in [1.82, 2.24) is 10.2 Å². The fourth-order valence-electron chi connectivity index (χ4n) is 2.95. The van der Waals surface area contributed by atoms with Crippen LogP contribution in [0.15, 0.2) is 24.3 Å². The van der Waals surface area contributed by atoms with Crippen LogP contribution in [0, 0.1) is 5.92 Å². The van der Waals surface area contributed by atoms with Crippen molar-refractivity contribution in [3.63, 3.8) is 0 Å². The van der Waals surface area contributed by atoms with Crippen LogP contribution >= 0.6 is 0 Å². The summed E-state index contributed by atoms with van der Waals surface area (Å²) in [7, 11) is 1.78. The molecule has 0 fully saturated rings. The second-order valence-corrected chi connectivity index (χ2v) is 6.63. The third-order valence-corrected chi connectivity index (χ3v) is 4.17. The van der Waals surface area contributed by atoms with Gasteiger partial charge in [0.25, 0.3) is 5.91 Å². The molecule has 0 spiro atoms. The van der Waals surface area contributed by atoms with Crippen LogP contribution < -0.4 is 10.2 Å². The van der Waals surface area contributed by atoms with E-state index in [4.69, 9.17) is 0 Å². The molecule has 1 aliphatic rings. The van der Waals surface area contributed by atoms with E-state index in [0.717, 1.165) is 29.1 Å². The zero-order valence-corrected chi connectivity index (χ0v) is 14.2. The Morgan fingerprint density at radius 3 is 2.88 bits per heavy atom. The largest absolute Gasteiger partial charge is 0.321 e. The maximum absolute atomic E-state index is 12.3. The fraction of sp³-hybridized carbons (Fsp3) is 0.389. The first kappa shape index (κ1) is 16.2. The number of nitrogens with zero attached hydrogens (tertiary/aromatic N) is 2. The fourth-order valence-corrected chi connectivity index (χ4v) is 2.95. The van der Waals surface area contributed by atoms with Crippen LogP contribution in [0.25, 0.3) is 0 Å². The number of aromatic amines is 1. The number of rotatable bonds is 4. The highest BCUT2D eigenvalue weighted by Gasteiger charge is 2.21. The molecule has 0 saturated heterocycles. The lowest BCUT2D eigenvalue weighted by Crippen LogP contribution is -2.31. The third-order valence-electron chi connectivity index (χ3n) is 4.17. The summed E-state index contributed by atoms with van der Waals surface area (Å²) in [4.78, 5) is 25.7. The number of fused-ring (bicyclic) bond motifs is 1. The maximum atomic E-state index is 12.3. The predicted molar refractivity (Wildman–Crippen MR) is 93.3 cm³/mol. The van der Waals surface area contributed by atoms with E-state index in [1.165, 1.54) is 0 Å². The van der Waals surface area contributed by atoms with E-state index < -0.39 is 0 Å². The summed E-state index contributed by atoms with van der Waals surface area (Å²) in [6.45, 7) is 4.24. The van der Waals surface area contributed by atoms with Gasteiger partial charge in [0, 0.05) is 30.5 Å². The average molecular weight is 326 g/mol. The van der Waals surface area contributed by atoms with Crippen molar-refractivity contribution in [3.05, 3.63) is 41.2 Å². The summed E-state index contributed by atoms with van der Waals surface area (Å²) in [5, 5.41) is 9.87. The molecule has 1 aromatic heterocycles. The smallest absolute Gasteiger partial charge is 0.276 e. The van der Waals surface area contributed by atoms with Crippen LogP contribution in [0.2, 0.25) is 0 Å². The van der Waals surface area contributed by atoms with Crippen LogP contribution in [0.3, 0.4) is 0 Å². The van der Waals surface area contributed by atoms with E-state index >= 15 is 0 Å². The number of hydrogen-bond donors (Lipinski definition) is 2. The molecule has 2 amide bonds. The molecule has 1 aromatic carbocycles. The summed E-state index contributed by atoms with van der Waals surface area (Å²) in [6.07, 6.45) is 2.06. The standard InChI is InChI=1S/C18H22N4O2/c1-11(2)8-14-10-15(21-20-14)18(24)19-13-5-6-16-12(9-13)4-7-17(23)22(16)3/h5-6,9-11H,4,7-8H2,1-3H3,(H,19,24)(H,20,21). The van der Waals surface area contributed by atoms with Crippen molar-refractivity contribution in [3.8, 4) is 0 Å². The van der Waals surface area contributed by atoms with Gasteiger partial charge in [-0.2, -0.15) is 5.10 Å². The van der Waals surface area contributed by atoms with Crippen LogP contribution in [-0.4, -0.2) is 29.1 Å². The highest BCUT2D eigenvalue weighted by atomic mass is 16.2. The molecule has 1 aliphatic heterocycles. The van der Waals surface area contributed by atoms with Gasteiger partial charge in [-0.1, -0.05) is 13.8 Å². The van der Waals surface area contributed by atoms with Gasteiger partial charge in [-0.05, 0) is 48.6 Å². The monoisotopic (exact) mass is 326 g/mol. The Labute approximate surface area is 141 Å². The molecule has 2 N–H and O–H groups in total. The van der Waals surface area contributed by atoms with Crippen molar-refractivity contribution in [2.24, 2.45) is 5.92 Å². The van der Waals surface area contributed by atoms with E-state index in [0.29, 0.717) is 24.5 Å². The SMILES string of the molecule is CC(C)Cc1cc(C(=O)Nc2ccc3c(c2)CCC(=O)N3C)n[nH]1. The summed E-state index contributed by atoms with van der Waals surface area (Å²) in [5.74, 6) is 0.386. The molecule has 126 valence electrons. The molecule has 0 saturated carbocycles. The molecule has 3 rings (SSSR count). The lowest BCUT2D eigenvalue weighted by molar-refractivity contribution is -0.118. The minimum Gasteiger partial charge on any atom is -0.321 e. The zero-order chi connectivity index (χ0) is 17.3. The topological polar surface area (TPSA) is 78.1 Å². The van der Waals surface area contributed by atoms with Crippen LogP contribution in [-0.2, 0) is 17.6 Å². The lowest BCUT2D eigenvalue weighted by Gasteiger charge is -2.26. The molecule has 6 nitrogen and oxygen atoms in total. The Balaban J connectivity index is 1.73.